The van der Waals surface area contributed by atoms with Gasteiger partial charge in [0.05, 0.1) is 0 Å². The summed E-state index contributed by atoms with van der Waals surface area (Å²) in [6.45, 7) is 13.6. The van der Waals surface area contributed by atoms with Gasteiger partial charge >= 0.3 is 0 Å². The molecule has 0 saturated carbocycles. The summed E-state index contributed by atoms with van der Waals surface area (Å²) in [5.74, 6) is 1.57. The number of carbonyl (C=O) groups excluding carboxylic acids is 1. The van der Waals surface area contributed by atoms with Gasteiger partial charge < -0.3 is 16.0 Å². The number of carbonyl (C=O) groups is 1. The van der Waals surface area contributed by atoms with Crippen molar-refractivity contribution >= 4 is 11.9 Å². The summed E-state index contributed by atoms with van der Waals surface area (Å²) < 4.78 is 0. The van der Waals surface area contributed by atoms with Crippen LogP contribution in [0.5, 0.6) is 0 Å². The standard InChI is InChI=1S/C16H34N4O/c1-12(2)8-9-13(3)20-15(17-7)19-11-10-18-14(21)16(4,5)6/h12-13H,8-11H2,1-7H3,(H,18,21)(H2,17,19,20). The zero-order chi connectivity index (χ0) is 16.5. The van der Waals surface area contributed by atoms with E-state index < -0.39 is 0 Å². The Balaban J connectivity index is 3.94. The first-order chi connectivity index (χ1) is 9.66. The zero-order valence-electron chi connectivity index (χ0n) is 14.8. The Bertz CT molecular complexity index is 332. The van der Waals surface area contributed by atoms with Crippen molar-refractivity contribution in [1.29, 1.82) is 0 Å². The molecular formula is C16H34N4O. The molecule has 0 bridgehead atoms. The summed E-state index contributed by atoms with van der Waals surface area (Å²) in [5, 5.41) is 9.50. The van der Waals surface area contributed by atoms with Gasteiger partial charge in [0, 0.05) is 31.6 Å². The van der Waals surface area contributed by atoms with E-state index in [1.807, 2.05) is 20.8 Å². The van der Waals surface area contributed by atoms with E-state index in [0.717, 1.165) is 18.3 Å². The van der Waals surface area contributed by atoms with Crippen molar-refractivity contribution in [2.24, 2.45) is 16.3 Å². The molecule has 124 valence electrons. The molecule has 1 unspecified atom stereocenters. The minimum absolute atomic E-state index is 0.0672. The minimum Gasteiger partial charge on any atom is -0.355 e. The predicted octanol–water partition coefficient (Wildman–Crippen LogP) is 2.14. The number of rotatable bonds is 7. The molecule has 0 radical (unpaired) electrons. The topological polar surface area (TPSA) is 65.5 Å². The number of hydrogen-bond acceptors (Lipinski definition) is 2. The maximum absolute atomic E-state index is 11.7. The molecule has 21 heavy (non-hydrogen) atoms. The SMILES string of the molecule is CN=C(NCCNC(=O)C(C)(C)C)NC(C)CCC(C)C. The van der Waals surface area contributed by atoms with Crippen molar-refractivity contribution in [2.75, 3.05) is 20.1 Å². The van der Waals surface area contributed by atoms with E-state index in [1.165, 1.54) is 6.42 Å². The third-order valence-electron chi connectivity index (χ3n) is 3.17. The zero-order valence-corrected chi connectivity index (χ0v) is 14.8. The Labute approximate surface area is 130 Å². The summed E-state index contributed by atoms with van der Waals surface area (Å²) in [5.41, 5.74) is -0.342. The third-order valence-corrected chi connectivity index (χ3v) is 3.17. The lowest BCUT2D eigenvalue weighted by Gasteiger charge is -2.20. The second kappa shape index (κ2) is 9.64. The Morgan fingerprint density at radius 1 is 1.05 bits per heavy atom. The molecule has 0 aliphatic heterocycles. The monoisotopic (exact) mass is 298 g/mol. The van der Waals surface area contributed by atoms with Crippen molar-refractivity contribution in [2.45, 2.75) is 60.4 Å². The van der Waals surface area contributed by atoms with Crippen molar-refractivity contribution in [1.82, 2.24) is 16.0 Å². The smallest absolute Gasteiger partial charge is 0.225 e. The maximum Gasteiger partial charge on any atom is 0.225 e. The van der Waals surface area contributed by atoms with E-state index in [0.29, 0.717) is 19.1 Å². The minimum atomic E-state index is -0.342. The van der Waals surface area contributed by atoms with Gasteiger partial charge in [-0.2, -0.15) is 0 Å². The van der Waals surface area contributed by atoms with E-state index in [-0.39, 0.29) is 11.3 Å². The van der Waals surface area contributed by atoms with E-state index in [9.17, 15) is 4.79 Å². The molecular weight excluding hydrogens is 264 g/mol. The molecule has 5 heteroatoms. The van der Waals surface area contributed by atoms with Crippen LogP contribution < -0.4 is 16.0 Å². The highest BCUT2D eigenvalue weighted by Gasteiger charge is 2.20. The number of aliphatic imine (C=N–C) groups is 1. The van der Waals surface area contributed by atoms with Crippen LogP contribution in [0.1, 0.15) is 54.4 Å². The number of hydrogen-bond donors (Lipinski definition) is 3. The van der Waals surface area contributed by atoms with Crippen LogP contribution in [0.3, 0.4) is 0 Å². The van der Waals surface area contributed by atoms with Crippen LogP contribution in [0, 0.1) is 11.3 Å². The molecule has 0 aliphatic rings. The van der Waals surface area contributed by atoms with Crippen LogP contribution in [-0.4, -0.2) is 38.0 Å². The fraction of sp³-hybridized carbons (Fsp3) is 0.875. The highest BCUT2D eigenvalue weighted by Crippen LogP contribution is 2.11. The molecule has 3 N–H and O–H groups in total. The molecule has 0 rings (SSSR count). The molecule has 1 amide bonds. The van der Waals surface area contributed by atoms with Crippen molar-refractivity contribution in [3.8, 4) is 0 Å². The molecule has 0 saturated heterocycles. The van der Waals surface area contributed by atoms with Crippen LogP contribution in [0.25, 0.3) is 0 Å². The second-order valence-electron chi connectivity index (χ2n) is 7.02. The first-order valence-corrected chi connectivity index (χ1v) is 7.92. The fourth-order valence-corrected chi connectivity index (χ4v) is 1.71. The molecule has 0 fully saturated rings. The predicted molar refractivity (Wildman–Crippen MR) is 90.5 cm³/mol. The van der Waals surface area contributed by atoms with Gasteiger partial charge in [-0.25, -0.2) is 0 Å². The number of guanidine groups is 1. The number of nitrogens with one attached hydrogen (secondary N) is 3. The summed E-state index contributed by atoms with van der Waals surface area (Å²) in [6.07, 6.45) is 2.33. The van der Waals surface area contributed by atoms with Crippen molar-refractivity contribution < 1.29 is 4.79 Å². The third kappa shape index (κ3) is 10.2. The molecule has 5 nitrogen and oxygen atoms in total. The van der Waals surface area contributed by atoms with Gasteiger partial charge in [0.1, 0.15) is 0 Å². The Kier molecular flexibility index (Phi) is 9.06. The Morgan fingerprint density at radius 2 is 1.62 bits per heavy atom. The number of amides is 1. The second-order valence-corrected chi connectivity index (χ2v) is 7.02. The van der Waals surface area contributed by atoms with Gasteiger partial charge in [-0.3, -0.25) is 9.79 Å². The van der Waals surface area contributed by atoms with E-state index in [1.54, 1.807) is 7.05 Å². The highest BCUT2D eigenvalue weighted by molar-refractivity contribution is 5.81. The lowest BCUT2D eigenvalue weighted by atomic mass is 9.96. The summed E-state index contributed by atoms with van der Waals surface area (Å²) in [7, 11) is 1.76. The van der Waals surface area contributed by atoms with Crippen LogP contribution >= 0.6 is 0 Å². The molecule has 0 aromatic rings. The first-order valence-electron chi connectivity index (χ1n) is 7.92. The summed E-state index contributed by atoms with van der Waals surface area (Å²) in [6, 6.07) is 0.391. The maximum atomic E-state index is 11.7. The normalized spacial score (nSPS) is 14.0. The lowest BCUT2D eigenvalue weighted by Crippen LogP contribution is -2.45. The van der Waals surface area contributed by atoms with Crippen LogP contribution in [0.2, 0.25) is 0 Å². The summed E-state index contributed by atoms with van der Waals surface area (Å²) >= 11 is 0. The van der Waals surface area contributed by atoms with E-state index >= 15 is 0 Å². The molecule has 0 aliphatic carbocycles. The van der Waals surface area contributed by atoms with Gasteiger partial charge in [-0.05, 0) is 25.7 Å². The van der Waals surface area contributed by atoms with Crippen molar-refractivity contribution in [3.05, 3.63) is 0 Å². The average Bonchev–Trinajstić information content (AvgIpc) is 2.38. The van der Waals surface area contributed by atoms with Gasteiger partial charge in [0.15, 0.2) is 5.96 Å². The van der Waals surface area contributed by atoms with Crippen LogP contribution in [-0.2, 0) is 4.79 Å². The van der Waals surface area contributed by atoms with Crippen LogP contribution in [0.15, 0.2) is 4.99 Å². The van der Waals surface area contributed by atoms with Crippen molar-refractivity contribution in [3.63, 3.8) is 0 Å². The highest BCUT2D eigenvalue weighted by atomic mass is 16.2. The van der Waals surface area contributed by atoms with E-state index in [4.69, 9.17) is 0 Å². The molecule has 0 aromatic heterocycles. The fourth-order valence-electron chi connectivity index (χ4n) is 1.71. The number of nitrogens with zero attached hydrogens (tertiary/aromatic N) is 1. The van der Waals surface area contributed by atoms with Gasteiger partial charge in [0.25, 0.3) is 0 Å². The quantitative estimate of drug-likeness (QED) is 0.383. The van der Waals surface area contributed by atoms with Gasteiger partial charge in [0.2, 0.25) is 5.91 Å². The largest absolute Gasteiger partial charge is 0.355 e. The Hall–Kier alpha value is -1.26. The molecule has 1 atom stereocenters. The van der Waals surface area contributed by atoms with Gasteiger partial charge in [-0.15, -0.1) is 0 Å². The van der Waals surface area contributed by atoms with E-state index in [2.05, 4.69) is 41.7 Å². The van der Waals surface area contributed by atoms with Gasteiger partial charge in [-0.1, -0.05) is 34.6 Å². The average molecular weight is 298 g/mol. The Morgan fingerprint density at radius 3 is 2.10 bits per heavy atom. The molecule has 0 spiro atoms. The van der Waals surface area contributed by atoms with Crippen LogP contribution in [0.4, 0.5) is 0 Å². The lowest BCUT2D eigenvalue weighted by molar-refractivity contribution is -0.128. The first kappa shape index (κ1) is 19.7. The molecule has 0 heterocycles. The summed E-state index contributed by atoms with van der Waals surface area (Å²) in [4.78, 5) is 15.9. The molecule has 0 aromatic carbocycles.